The minimum Gasteiger partial charge on any atom is -0.396 e. The zero-order valence-electron chi connectivity index (χ0n) is 27.5. The number of benzene rings is 1. The van der Waals surface area contributed by atoms with E-state index < -0.39 is 10.1 Å². The normalized spacial score (nSPS) is 18.6. The zero-order valence-corrected chi connectivity index (χ0v) is 28.3. The second-order valence-corrected chi connectivity index (χ2v) is 14.0. The number of unbranched alkanes of at least 4 members (excludes halogenated alkanes) is 1. The van der Waals surface area contributed by atoms with Crippen LogP contribution in [0, 0.1) is 12.8 Å². The van der Waals surface area contributed by atoms with Gasteiger partial charge in [0.1, 0.15) is 0 Å². The largest absolute Gasteiger partial charge is 0.396 e. The van der Waals surface area contributed by atoms with Crippen LogP contribution in [0.3, 0.4) is 0 Å². The third-order valence-electron chi connectivity index (χ3n) is 7.99. The highest BCUT2D eigenvalue weighted by molar-refractivity contribution is 7.86. The maximum absolute atomic E-state index is 12.5. The van der Waals surface area contributed by atoms with E-state index >= 15 is 0 Å². The molecule has 0 aromatic heterocycles. The van der Waals surface area contributed by atoms with Gasteiger partial charge in [-0.3, -0.25) is 4.18 Å². The molecule has 2 unspecified atom stereocenters. The fourth-order valence-corrected chi connectivity index (χ4v) is 6.02. The van der Waals surface area contributed by atoms with Crippen LogP contribution in [0.5, 0.6) is 0 Å². The van der Waals surface area contributed by atoms with Gasteiger partial charge < -0.3 is 9.84 Å². The molecule has 0 aliphatic carbocycles. The molecule has 0 amide bonds. The van der Waals surface area contributed by atoms with Crippen LogP contribution < -0.4 is 0 Å². The molecule has 1 heterocycles. The number of hydrogen-bond acceptors (Lipinski definition) is 5. The van der Waals surface area contributed by atoms with Gasteiger partial charge in [-0.2, -0.15) is 8.42 Å². The van der Waals surface area contributed by atoms with Crippen molar-refractivity contribution in [1.29, 1.82) is 0 Å². The molecule has 1 aromatic carbocycles. The number of hydrogen-bond donors (Lipinski definition) is 1. The predicted octanol–water partition coefficient (Wildman–Crippen LogP) is 9.34. The number of aryl methyl sites for hydroxylation is 1. The molecule has 0 bridgehead atoms. The van der Waals surface area contributed by atoms with Crippen LogP contribution in [0.4, 0.5) is 0 Å². The molecule has 2 atom stereocenters. The highest BCUT2D eigenvalue weighted by Gasteiger charge is 2.28. The average Bonchev–Trinajstić information content (AvgIpc) is 2.96. The first-order valence-corrected chi connectivity index (χ1v) is 17.4. The lowest BCUT2D eigenvalue weighted by Crippen LogP contribution is -2.34. The van der Waals surface area contributed by atoms with Gasteiger partial charge in [0.05, 0.1) is 30.8 Å². The molecule has 0 radical (unpaired) electrons. The van der Waals surface area contributed by atoms with Crippen LogP contribution in [-0.2, 0) is 19.0 Å². The lowest BCUT2D eigenvalue weighted by molar-refractivity contribution is -0.0299. The van der Waals surface area contributed by atoms with E-state index in [1.807, 2.05) is 6.92 Å². The summed E-state index contributed by atoms with van der Waals surface area (Å²) in [6.45, 7) is 13.2. The molecule has 1 saturated heterocycles. The molecule has 1 aliphatic rings. The van der Waals surface area contributed by atoms with Crippen molar-refractivity contribution in [1.82, 2.24) is 0 Å². The van der Waals surface area contributed by atoms with E-state index in [2.05, 4.69) is 65.0 Å². The van der Waals surface area contributed by atoms with Crippen molar-refractivity contribution in [3.63, 3.8) is 0 Å². The second kappa shape index (κ2) is 19.9. The Bertz CT molecular complexity index is 1220. The van der Waals surface area contributed by atoms with Gasteiger partial charge in [-0.1, -0.05) is 70.4 Å². The van der Waals surface area contributed by atoms with Crippen molar-refractivity contribution >= 4 is 10.1 Å². The van der Waals surface area contributed by atoms with E-state index in [0.29, 0.717) is 6.61 Å². The lowest BCUT2D eigenvalue weighted by atomic mass is 9.94. The fourth-order valence-electron chi connectivity index (χ4n) is 5.06. The predicted molar refractivity (Wildman–Crippen MR) is 180 cm³/mol. The van der Waals surface area contributed by atoms with Crippen LogP contribution in [0.25, 0.3) is 0 Å². The molecule has 1 aliphatic heterocycles. The van der Waals surface area contributed by atoms with Gasteiger partial charge in [0.15, 0.2) is 0 Å². The van der Waals surface area contributed by atoms with Crippen LogP contribution in [0.1, 0.15) is 104 Å². The minimum atomic E-state index is -3.87. The first-order valence-electron chi connectivity index (χ1n) is 16.0. The summed E-state index contributed by atoms with van der Waals surface area (Å²) < 4.78 is 36.3. The molecular formula is C37H56O5S. The first-order chi connectivity index (χ1) is 20.5. The van der Waals surface area contributed by atoms with Gasteiger partial charge in [-0.15, -0.1) is 0 Å². The summed E-state index contributed by atoms with van der Waals surface area (Å²) in [6, 6.07) is 6.56. The van der Waals surface area contributed by atoms with Crippen LogP contribution >= 0.6 is 0 Å². The smallest absolute Gasteiger partial charge is 0.296 e. The van der Waals surface area contributed by atoms with Crippen molar-refractivity contribution in [2.45, 2.75) is 117 Å². The average molecular weight is 613 g/mol. The van der Waals surface area contributed by atoms with E-state index in [9.17, 15) is 13.5 Å². The van der Waals surface area contributed by atoms with E-state index in [4.69, 9.17) is 8.92 Å². The molecule has 1 N–H and O–H groups in total. The van der Waals surface area contributed by atoms with Crippen LogP contribution in [0.15, 0.2) is 87.4 Å². The van der Waals surface area contributed by atoms with Crippen molar-refractivity contribution in [3.05, 3.63) is 88.1 Å². The Labute approximate surface area is 262 Å². The Morgan fingerprint density at radius 2 is 1.44 bits per heavy atom. The number of ether oxygens (including phenoxy) is 1. The van der Waals surface area contributed by atoms with Gasteiger partial charge in [0.25, 0.3) is 10.1 Å². The van der Waals surface area contributed by atoms with E-state index in [1.165, 1.54) is 40.0 Å². The summed E-state index contributed by atoms with van der Waals surface area (Å²) in [5.41, 5.74) is 8.03. The van der Waals surface area contributed by atoms with Gasteiger partial charge in [-0.25, -0.2) is 0 Å². The van der Waals surface area contributed by atoms with E-state index in [0.717, 1.165) is 69.8 Å². The zero-order chi connectivity index (χ0) is 31.7. The Morgan fingerprint density at radius 1 is 0.884 bits per heavy atom. The van der Waals surface area contributed by atoms with Gasteiger partial charge >= 0.3 is 0 Å². The Hall–Kier alpha value is -2.25. The van der Waals surface area contributed by atoms with E-state index in [1.54, 1.807) is 12.1 Å². The Kier molecular flexibility index (Phi) is 17.1. The van der Waals surface area contributed by atoms with Gasteiger partial charge in [0, 0.05) is 5.92 Å². The van der Waals surface area contributed by atoms with Gasteiger partial charge in [0.2, 0.25) is 0 Å². The summed E-state index contributed by atoms with van der Waals surface area (Å²) in [4.78, 5) is 0.125. The summed E-state index contributed by atoms with van der Waals surface area (Å²) in [7, 11) is -3.87. The highest BCUT2D eigenvalue weighted by atomic mass is 32.2. The molecule has 1 aromatic rings. The Morgan fingerprint density at radius 3 is 1.98 bits per heavy atom. The third-order valence-corrected chi connectivity index (χ3v) is 9.28. The quantitative estimate of drug-likeness (QED) is 0.102. The molecular weight excluding hydrogens is 556 g/mol. The number of aliphatic hydroxyl groups excluding tert-OH is 1. The lowest BCUT2D eigenvalue weighted by Gasteiger charge is -2.30. The molecule has 43 heavy (non-hydrogen) atoms. The summed E-state index contributed by atoms with van der Waals surface area (Å²) in [6.07, 6.45) is 21.9. The van der Waals surface area contributed by atoms with E-state index in [-0.39, 0.29) is 30.1 Å². The van der Waals surface area contributed by atoms with Gasteiger partial charge in [-0.05, 0) is 123 Å². The monoisotopic (exact) mass is 612 g/mol. The molecule has 1 fully saturated rings. The number of rotatable bonds is 18. The summed E-state index contributed by atoms with van der Waals surface area (Å²) in [5.74, 6) is -0.386. The van der Waals surface area contributed by atoms with Crippen molar-refractivity contribution in [3.8, 4) is 0 Å². The fraction of sp³-hybridized carbons (Fsp3) is 0.568. The molecule has 5 nitrogen and oxygen atoms in total. The summed E-state index contributed by atoms with van der Waals surface area (Å²) in [5, 5.41) is 9.88. The van der Waals surface area contributed by atoms with Crippen LogP contribution in [-0.4, -0.2) is 39.4 Å². The van der Waals surface area contributed by atoms with Crippen LogP contribution in [0.2, 0.25) is 0 Å². The van der Waals surface area contributed by atoms with Crippen molar-refractivity contribution < 1.29 is 22.4 Å². The molecule has 0 saturated carbocycles. The number of allylic oxidation sites excluding steroid dienone is 9. The highest BCUT2D eigenvalue weighted by Crippen LogP contribution is 2.26. The maximum atomic E-state index is 12.5. The Balaban J connectivity index is 1.66. The molecule has 240 valence electrons. The molecule has 6 heteroatoms. The topological polar surface area (TPSA) is 72.8 Å². The first kappa shape index (κ1) is 36.9. The number of aliphatic hydroxyl groups is 1. The minimum absolute atomic E-state index is 0.0945. The summed E-state index contributed by atoms with van der Waals surface area (Å²) >= 11 is 0. The molecule has 2 rings (SSSR count). The molecule has 0 spiro atoms. The van der Waals surface area contributed by atoms with Crippen molar-refractivity contribution in [2.75, 3.05) is 19.8 Å². The maximum Gasteiger partial charge on any atom is 0.296 e. The standard InChI is InChI=1S/C37H56O5S/c1-29(2)12-9-15-32(5)17-10-16-30(3)13-7-8-14-31(4)18-11-19-34-22-25-37(41-27-34)35(26-38)28-42-43(39,40)36-23-20-33(6)21-24-36/h12-14,17,19-21,23-24,35,37-38H,7-11,15-16,18,22,25-28H2,1-6H3/b30-13+,31-14+,32-17+,34-19-. The second-order valence-electron chi connectivity index (χ2n) is 12.4. The SMILES string of the molecule is CC(C)=CCC/C(C)=C/CC/C(C)=C/CC/C=C(\C)CC/C=C1/CCC(C(CO)COS(=O)(=O)c2ccc(C)cc2)OC1. The van der Waals surface area contributed by atoms with Crippen molar-refractivity contribution in [2.24, 2.45) is 5.92 Å². The third kappa shape index (κ3) is 15.3.